The number of nitrogens with one attached hydrogen (secondary N) is 1. The van der Waals surface area contributed by atoms with Crippen LogP contribution in [0.25, 0.3) is 11.0 Å². The van der Waals surface area contributed by atoms with Crippen molar-refractivity contribution in [2.45, 2.75) is 51.3 Å². The average Bonchev–Trinajstić information content (AvgIpc) is 3.22. The zero-order valence-corrected chi connectivity index (χ0v) is 17.3. The number of halogens is 1. The molecule has 0 aliphatic carbocycles. The standard InChI is InChI=1S/C22H25FN4O3/c1-13-16(21(2,3)29)30-20(22(13,4)23)27-11-10-15-17(24-12-25-18(15)27)26-19(28)14-8-6-5-7-9-14/h5-13,16,20,29H,1-4H3,(H,24,25,26,28)/t13-,16+,20-,22-/m1/s1. The Balaban J connectivity index is 1.69. The highest BCUT2D eigenvalue weighted by Gasteiger charge is 2.57. The largest absolute Gasteiger partial charge is 0.388 e. The minimum absolute atomic E-state index is 0.300. The van der Waals surface area contributed by atoms with E-state index in [0.717, 1.165) is 0 Å². The van der Waals surface area contributed by atoms with Gasteiger partial charge in [-0.05, 0) is 39.0 Å². The molecule has 0 radical (unpaired) electrons. The minimum Gasteiger partial charge on any atom is -0.388 e. The van der Waals surface area contributed by atoms with E-state index in [2.05, 4.69) is 15.3 Å². The third kappa shape index (κ3) is 3.36. The first-order valence-corrected chi connectivity index (χ1v) is 9.85. The van der Waals surface area contributed by atoms with Crippen molar-refractivity contribution in [1.29, 1.82) is 0 Å². The number of rotatable bonds is 4. The first kappa shape index (κ1) is 20.4. The van der Waals surface area contributed by atoms with Crippen molar-refractivity contribution in [3.63, 3.8) is 0 Å². The van der Waals surface area contributed by atoms with Gasteiger partial charge in [0.1, 0.15) is 17.8 Å². The molecule has 0 saturated carbocycles. The molecule has 158 valence electrons. The number of benzene rings is 1. The normalized spacial score (nSPS) is 26.8. The molecular weight excluding hydrogens is 387 g/mol. The molecule has 2 N–H and O–H groups in total. The first-order chi connectivity index (χ1) is 14.1. The van der Waals surface area contributed by atoms with Gasteiger partial charge in [-0.3, -0.25) is 4.79 Å². The van der Waals surface area contributed by atoms with Gasteiger partial charge < -0.3 is 19.7 Å². The summed E-state index contributed by atoms with van der Waals surface area (Å²) in [6, 6.07) is 10.5. The number of carbonyl (C=O) groups excluding carboxylic acids is 1. The topological polar surface area (TPSA) is 89.3 Å². The Labute approximate surface area is 173 Å². The number of ether oxygens (including phenoxy) is 1. The fourth-order valence-corrected chi connectivity index (χ4v) is 4.06. The lowest BCUT2D eigenvalue weighted by Gasteiger charge is -2.29. The highest BCUT2D eigenvalue weighted by atomic mass is 19.1. The summed E-state index contributed by atoms with van der Waals surface area (Å²) in [7, 11) is 0. The Kier molecular flexibility index (Phi) is 4.86. The Hall–Kier alpha value is -2.84. The molecule has 7 nitrogen and oxygen atoms in total. The summed E-state index contributed by atoms with van der Waals surface area (Å²) in [6.07, 6.45) is 1.32. The summed E-state index contributed by atoms with van der Waals surface area (Å²) in [5.41, 5.74) is -2.00. The van der Waals surface area contributed by atoms with Crippen molar-refractivity contribution in [2.75, 3.05) is 5.32 Å². The second-order valence-corrected chi connectivity index (χ2v) is 8.51. The summed E-state index contributed by atoms with van der Waals surface area (Å²) in [5.74, 6) is -0.510. The summed E-state index contributed by atoms with van der Waals surface area (Å²) in [4.78, 5) is 21.0. The maximum atomic E-state index is 15.7. The molecule has 2 aromatic heterocycles. The number of carbonyl (C=O) groups is 1. The van der Waals surface area contributed by atoms with Crippen LogP contribution < -0.4 is 5.32 Å². The molecule has 1 saturated heterocycles. The van der Waals surface area contributed by atoms with Gasteiger partial charge in [0.25, 0.3) is 5.91 Å². The first-order valence-electron chi connectivity index (χ1n) is 9.85. The Morgan fingerprint density at radius 3 is 2.60 bits per heavy atom. The van der Waals surface area contributed by atoms with Gasteiger partial charge in [0.2, 0.25) is 0 Å². The SMILES string of the molecule is C[C@@H]1[C@@H](C(C)(C)O)O[C@@H](n2ccc3c(NC(=O)c4ccccc4)ncnc32)[C@]1(C)F. The van der Waals surface area contributed by atoms with E-state index >= 15 is 4.39 Å². The van der Waals surface area contributed by atoms with Crippen LogP contribution in [0.5, 0.6) is 0 Å². The summed E-state index contributed by atoms with van der Waals surface area (Å²) >= 11 is 0. The predicted molar refractivity (Wildman–Crippen MR) is 111 cm³/mol. The maximum Gasteiger partial charge on any atom is 0.256 e. The highest BCUT2D eigenvalue weighted by molar-refractivity contribution is 6.07. The molecule has 3 aromatic rings. The van der Waals surface area contributed by atoms with Gasteiger partial charge >= 0.3 is 0 Å². The maximum absolute atomic E-state index is 15.7. The van der Waals surface area contributed by atoms with Crippen molar-refractivity contribution < 1.29 is 19.0 Å². The molecule has 30 heavy (non-hydrogen) atoms. The van der Waals surface area contributed by atoms with Crippen LogP contribution in [0.15, 0.2) is 48.9 Å². The van der Waals surface area contributed by atoms with Crippen LogP contribution in [0, 0.1) is 5.92 Å². The van der Waals surface area contributed by atoms with Gasteiger partial charge in [0.05, 0.1) is 17.1 Å². The van der Waals surface area contributed by atoms with Crippen LogP contribution in [-0.2, 0) is 4.74 Å². The number of aromatic nitrogens is 3. The lowest BCUT2D eigenvalue weighted by molar-refractivity contribution is -0.114. The molecule has 1 fully saturated rings. The Morgan fingerprint density at radius 1 is 1.27 bits per heavy atom. The Bertz CT molecular complexity index is 1070. The molecule has 1 aliphatic heterocycles. The van der Waals surface area contributed by atoms with E-state index < -0.39 is 29.5 Å². The van der Waals surface area contributed by atoms with E-state index in [4.69, 9.17) is 4.74 Å². The highest BCUT2D eigenvalue weighted by Crippen LogP contribution is 2.49. The number of amides is 1. The lowest BCUT2D eigenvalue weighted by atomic mass is 9.83. The van der Waals surface area contributed by atoms with E-state index in [9.17, 15) is 9.90 Å². The Morgan fingerprint density at radius 2 is 1.97 bits per heavy atom. The van der Waals surface area contributed by atoms with Crippen molar-refractivity contribution in [2.24, 2.45) is 5.92 Å². The second-order valence-electron chi connectivity index (χ2n) is 8.51. The number of hydrogen-bond acceptors (Lipinski definition) is 5. The lowest BCUT2D eigenvalue weighted by Crippen LogP contribution is -2.42. The van der Waals surface area contributed by atoms with E-state index in [-0.39, 0.29) is 5.91 Å². The molecule has 0 bridgehead atoms. The number of fused-ring (bicyclic) bond motifs is 1. The van der Waals surface area contributed by atoms with Gasteiger partial charge in [0, 0.05) is 17.7 Å². The summed E-state index contributed by atoms with van der Waals surface area (Å²) in [6.45, 7) is 6.42. The van der Waals surface area contributed by atoms with Gasteiger partial charge in [-0.2, -0.15) is 0 Å². The molecule has 4 rings (SSSR count). The number of nitrogens with zero attached hydrogens (tertiary/aromatic N) is 3. The van der Waals surface area contributed by atoms with Crippen molar-refractivity contribution >= 4 is 22.8 Å². The van der Waals surface area contributed by atoms with E-state index in [1.165, 1.54) is 13.3 Å². The van der Waals surface area contributed by atoms with Gasteiger partial charge in [-0.1, -0.05) is 25.1 Å². The number of alkyl halides is 1. The molecule has 4 atom stereocenters. The van der Waals surface area contributed by atoms with E-state index in [1.807, 2.05) is 6.07 Å². The van der Waals surface area contributed by atoms with Crippen molar-refractivity contribution in [3.8, 4) is 0 Å². The van der Waals surface area contributed by atoms with Crippen LogP contribution in [0.4, 0.5) is 10.2 Å². The molecule has 1 aromatic carbocycles. The number of anilines is 1. The number of hydrogen-bond donors (Lipinski definition) is 2. The van der Waals surface area contributed by atoms with Crippen LogP contribution in [-0.4, -0.2) is 42.9 Å². The van der Waals surface area contributed by atoms with Crippen LogP contribution in [0.2, 0.25) is 0 Å². The van der Waals surface area contributed by atoms with Gasteiger partial charge in [-0.25, -0.2) is 14.4 Å². The molecular formula is C22H25FN4O3. The third-order valence-electron chi connectivity index (χ3n) is 5.83. The number of aliphatic hydroxyl groups is 1. The summed E-state index contributed by atoms with van der Waals surface area (Å²) < 4.78 is 23.3. The van der Waals surface area contributed by atoms with Crippen LogP contribution in [0.1, 0.15) is 44.3 Å². The quantitative estimate of drug-likeness (QED) is 0.682. The fourth-order valence-electron chi connectivity index (χ4n) is 4.06. The molecule has 1 aliphatic rings. The van der Waals surface area contributed by atoms with Gasteiger partial charge in [0.15, 0.2) is 11.9 Å². The van der Waals surface area contributed by atoms with Crippen molar-refractivity contribution in [3.05, 3.63) is 54.5 Å². The van der Waals surface area contributed by atoms with Gasteiger partial charge in [-0.15, -0.1) is 0 Å². The van der Waals surface area contributed by atoms with E-state index in [0.29, 0.717) is 22.4 Å². The molecule has 3 heterocycles. The van der Waals surface area contributed by atoms with Crippen molar-refractivity contribution in [1.82, 2.24) is 14.5 Å². The third-order valence-corrected chi connectivity index (χ3v) is 5.83. The van der Waals surface area contributed by atoms with Crippen LogP contribution >= 0.6 is 0 Å². The second kappa shape index (κ2) is 7.14. The summed E-state index contributed by atoms with van der Waals surface area (Å²) in [5, 5.41) is 13.8. The average molecular weight is 412 g/mol. The zero-order valence-electron chi connectivity index (χ0n) is 17.3. The zero-order chi connectivity index (χ0) is 21.7. The molecule has 0 spiro atoms. The molecule has 1 amide bonds. The smallest absolute Gasteiger partial charge is 0.256 e. The molecule has 8 heteroatoms. The van der Waals surface area contributed by atoms with E-state index in [1.54, 1.807) is 61.9 Å². The fraction of sp³-hybridized carbons (Fsp3) is 0.409. The monoisotopic (exact) mass is 412 g/mol. The predicted octanol–water partition coefficient (Wildman–Crippen LogP) is 3.72. The molecule has 0 unspecified atom stereocenters. The van der Waals surface area contributed by atoms with Crippen LogP contribution in [0.3, 0.4) is 0 Å². The minimum atomic E-state index is -1.74.